The Balaban J connectivity index is 0.00000264. The van der Waals surface area contributed by atoms with Gasteiger partial charge in [0.25, 0.3) is 0 Å². The van der Waals surface area contributed by atoms with Gasteiger partial charge in [-0.05, 0) is 12.1 Å². The molecule has 0 bridgehead atoms. The molecule has 3 N–H and O–H groups in total. The number of para-hydroxylation sites is 2. The van der Waals surface area contributed by atoms with Gasteiger partial charge in [-0.1, -0.05) is 17.3 Å². The molecule has 1 heterocycles. The second-order valence-corrected chi connectivity index (χ2v) is 4.10. The van der Waals surface area contributed by atoms with E-state index in [0.29, 0.717) is 11.7 Å². The summed E-state index contributed by atoms with van der Waals surface area (Å²) in [5, 5.41) is 6.14. The average molecular weight is 443 g/mol. The molecule has 0 unspecified atom stereocenters. The van der Waals surface area contributed by atoms with E-state index >= 15 is 0 Å². The van der Waals surface area contributed by atoms with Gasteiger partial charge in [-0.15, -0.1) is 37.1 Å². The fraction of sp³-hybridized carbons (Fsp3) is 0.250. The van der Waals surface area contributed by atoms with Gasteiger partial charge in [0.1, 0.15) is 6.54 Å². The third kappa shape index (κ3) is 6.30. The monoisotopic (exact) mass is 443 g/mol. The number of benzene rings is 1. The lowest BCUT2D eigenvalue weighted by Gasteiger charge is -2.13. The molecule has 1 aromatic heterocycles. The van der Waals surface area contributed by atoms with Gasteiger partial charge in [0, 0.05) is 6.92 Å². The van der Waals surface area contributed by atoms with Gasteiger partial charge < -0.3 is 20.3 Å². The van der Waals surface area contributed by atoms with Crippen LogP contribution in [-0.4, -0.2) is 22.5 Å². The van der Waals surface area contributed by atoms with Crippen LogP contribution in [0.1, 0.15) is 11.7 Å². The maximum atomic E-state index is 12.3. The Hall–Kier alpha value is -2.05. The number of nitrogens with two attached hydrogens (primary N) is 1. The Morgan fingerprint density at radius 3 is 2.70 bits per heavy atom. The first-order chi connectivity index (χ1) is 10.3. The molecule has 0 atom stereocenters. The molecule has 126 valence electrons. The summed E-state index contributed by atoms with van der Waals surface area (Å²) in [5.74, 6) is 0.159. The molecule has 11 heteroatoms. The number of guanidine groups is 1. The van der Waals surface area contributed by atoms with E-state index in [1.807, 2.05) is 0 Å². The Morgan fingerprint density at radius 1 is 1.39 bits per heavy atom. The number of hydrogen-bond acceptors (Lipinski definition) is 5. The molecule has 2 aromatic rings. The molecule has 23 heavy (non-hydrogen) atoms. The standard InChI is InChI=1S/C12H12F3N5O2.HI/c1-7-18-10(20-22-7)6-17-11(16)19-8-4-2-3-5-9(8)21-12(13,14)15;/h2-5H,6H2,1H3,(H3,16,17,19);1H. The minimum atomic E-state index is -4.80. The van der Waals surface area contributed by atoms with Crippen molar-refractivity contribution in [3.05, 3.63) is 36.0 Å². The Morgan fingerprint density at radius 2 is 2.09 bits per heavy atom. The third-order valence-electron chi connectivity index (χ3n) is 2.34. The highest BCUT2D eigenvalue weighted by atomic mass is 127. The summed E-state index contributed by atoms with van der Waals surface area (Å²) in [6.07, 6.45) is -4.80. The summed E-state index contributed by atoms with van der Waals surface area (Å²) < 4.78 is 45.5. The van der Waals surface area contributed by atoms with Gasteiger partial charge >= 0.3 is 6.36 Å². The lowest BCUT2D eigenvalue weighted by atomic mass is 10.3. The van der Waals surface area contributed by atoms with Gasteiger partial charge in [-0.2, -0.15) is 4.98 Å². The van der Waals surface area contributed by atoms with Crippen LogP contribution in [0, 0.1) is 6.92 Å². The van der Waals surface area contributed by atoms with Crippen molar-refractivity contribution in [2.45, 2.75) is 19.8 Å². The van der Waals surface area contributed by atoms with Crippen molar-refractivity contribution in [1.29, 1.82) is 0 Å². The molecule has 1 aromatic carbocycles. The van der Waals surface area contributed by atoms with E-state index in [2.05, 4.69) is 25.2 Å². The number of aromatic nitrogens is 2. The van der Waals surface area contributed by atoms with Crippen LogP contribution in [0.2, 0.25) is 0 Å². The van der Waals surface area contributed by atoms with Crippen LogP contribution in [0.25, 0.3) is 0 Å². The summed E-state index contributed by atoms with van der Waals surface area (Å²) in [7, 11) is 0. The predicted molar refractivity (Wildman–Crippen MR) is 86.5 cm³/mol. The first-order valence-corrected chi connectivity index (χ1v) is 6.04. The molecular weight excluding hydrogens is 430 g/mol. The zero-order chi connectivity index (χ0) is 16.2. The van der Waals surface area contributed by atoms with Crippen LogP contribution < -0.4 is 15.8 Å². The number of alkyl halides is 3. The lowest BCUT2D eigenvalue weighted by molar-refractivity contribution is -0.274. The molecule has 0 aliphatic heterocycles. The molecule has 0 aliphatic carbocycles. The van der Waals surface area contributed by atoms with Gasteiger partial charge in [0.15, 0.2) is 17.5 Å². The number of ether oxygens (including phenoxy) is 1. The minimum absolute atomic E-state index is 0. The van der Waals surface area contributed by atoms with Crippen molar-refractivity contribution in [1.82, 2.24) is 10.1 Å². The second kappa shape index (κ2) is 7.99. The summed E-state index contributed by atoms with van der Waals surface area (Å²) in [6.45, 7) is 1.64. The molecular formula is C12H13F3IN5O2. The predicted octanol–water partition coefficient (Wildman–Crippen LogP) is 2.82. The van der Waals surface area contributed by atoms with E-state index in [4.69, 9.17) is 10.3 Å². The van der Waals surface area contributed by atoms with Crippen molar-refractivity contribution >= 4 is 35.6 Å². The number of aryl methyl sites for hydroxylation is 1. The average Bonchev–Trinajstić information content (AvgIpc) is 2.83. The molecule has 0 radical (unpaired) electrons. The maximum absolute atomic E-state index is 12.3. The molecule has 0 saturated heterocycles. The normalized spacial score (nSPS) is 11.7. The van der Waals surface area contributed by atoms with E-state index < -0.39 is 12.1 Å². The van der Waals surface area contributed by atoms with Crippen molar-refractivity contribution in [2.75, 3.05) is 5.32 Å². The van der Waals surface area contributed by atoms with E-state index in [1.165, 1.54) is 18.2 Å². The summed E-state index contributed by atoms with van der Waals surface area (Å²) in [5.41, 5.74) is 5.64. The van der Waals surface area contributed by atoms with Gasteiger partial charge in [-0.25, -0.2) is 4.99 Å². The first-order valence-electron chi connectivity index (χ1n) is 6.04. The number of rotatable bonds is 4. The molecule has 0 fully saturated rings. The Bertz CT molecular complexity index is 675. The van der Waals surface area contributed by atoms with Gasteiger partial charge in [0.05, 0.1) is 5.69 Å². The number of halogens is 4. The van der Waals surface area contributed by atoms with Crippen LogP contribution in [0.15, 0.2) is 33.8 Å². The SMILES string of the molecule is Cc1nc(CN=C(N)Nc2ccccc2OC(F)(F)F)no1.I. The first kappa shape index (κ1) is 19.0. The fourth-order valence-corrected chi connectivity index (χ4v) is 1.52. The third-order valence-corrected chi connectivity index (χ3v) is 2.34. The van der Waals surface area contributed by atoms with Crippen LogP contribution >= 0.6 is 24.0 Å². The number of aliphatic imine (C=N–C) groups is 1. The highest BCUT2D eigenvalue weighted by molar-refractivity contribution is 14.0. The number of nitrogens with one attached hydrogen (secondary N) is 1. The summed E-state index contributed by atoms with van der Waals surface area (Å²) in [6, 6.07) is 5.47. The zero-order valence-corrected chi connectivity index (χ0v) is 14.1. The smallest absolute Gasteiger partial charge is 0.404 e. The van der Waals surface area contributed by atoms with Crippen molar-refractivity contribution < 1.29 is 22.4 Å². The largest absolute Gasteiger partial charge is 0.573 e. The lowest BCUT2D eigenvalue weighted by Crippen LogP contribution is -2.24. The quantitative estimate of drug-likeness (QED) is 0.429. The van der Waals surface area contributed by atoms with Crippen LogP contribution in [0.3, 0.4) is 0 Å². The van der Waals surface area contributed by atoms with E-state index in [1.54, 1.807) is 6.92 Å². The molecule has 7 nitrogen and oxygen atoms in total. The van der Waals surface area contributed by atoms with Crippen LogP contribution in [0.4, 0.5) is 18.9 Å². The number of anilines is 1. The second-order valence-electron chi connectivity index (χ2n) is 4.10. The van der Waals surface area contributed by atoms with Crippen molar-refractivity contribution in [2.24, 2.45) is 10.7 Å². The number of hydrogen-bond donors (Lipinski definition) is 2. The molecule has 2 rings (SSSR count). The van der Waals surface area contributed by atoms with E-state index in [0.717, 1.165) is 6.07 Å². The minimum Gasteiger partial charge on any atom is -0.404 e. The van der Waals surface area contributed by atoms with Crippen LogP contribution in [-0.2, 0) is 6.54 Å². The van der Waals surface area contributed by atoms with Gasteiger partial charge in [-0.3, -0.25) is 0 Å². The highest BCUT2D eigenvalue weighted by Crippen LogP contribution is 2.29. The summed E-state index contributed by atoms with van der Waals surface area (Å²) in [4.78, 5) is 7.82. The highest BCUT2D eigenvalue weighted by Gasteiger charge is 2.32. The maximum Gasteiger partial charge on any atom is 0.573 e. The van der Waals surface area contributed by atoms with E-state index in [9.17, 15) is 13.2 Å². The van der Waals surface area contributed by atoms with Crippen molar-refractivity contribution in [3.63, 3.8) is 0 Å². The Kier molecular flexibility index (Phi) is 6.60. The molecule has 0 amide bonds. The molecule has 0 saturated carbocycles. The van der Waals surface area contributed by atoms with Crippen LogP contribution in [0.5, 0.6) is 5.75 Å². The van der Waals surface area contributed by atoms with E-state index in [-0.39, 0.29) is 42.2 Å². The Labute approximate surface area is 146 Å². The summed E-state index contributed by atoms with van der Waals surface area (Å²) >= 11 is 0. The topological polar surface area (TPSA) is 98.6 Å². The molecule has 0 spiro atoms. The van der Waals surface area contributed by atoms with Crippen molar-refractivity contribution in [3.8, 4) is 5.75 Å². The molecule has 0 aliphatic rings. The fourth-order valence-electron chi connectivity index (χ4n) is 1.52. The number of nitrogens with zero attached hydrogens (tertiary/aromatic N) is 3. The zero-order valence-electron chi connectivity index (χ0n) is 11.8. The van der Waals surface area contributed by atoms with Gasteiger partial charge in [0.2, 0.25) is 5.89 Å².